The molecule has 0 radical (unpaired) electrons. The monoisotopic (exact) mass is 271 g/mol. The molecule has 0 fully saturated rings. The lowest BCUT2D eigenvalue weighted by atomic mass is 10.1. The quantitative estimate of drug-likeness (QED) is 0.680. The summed E-state index contributed by atoms with van der Waals surface area (Å²) in [7, 11) is 1.63. The summed E-state index contributed by atoms with van der Waals surface area (Å²) in [5.74, 6) is -2.00. The minimum Gasteiger partial charge on any atom is -0.477 e. The first-order valence-corrected chi connectivity index (χ1v) is 5.88. The van der Waals surface area contributed by atoms with E-state index in [1.54, 1.807) is 14.0 Å². The molecule has 1 heterocycles. The Kier molecular flexibility index (Phi) is 4.85. The van der Waals surface area contributed by atoms with Crippen molar-refractivity contribution in [2.75, 3.05) is 13.6 Å². The maximum Gasteiger partial charge on any atom is 0.353 e. The lowest BCUT2D eigenvalue weighted by Gasteiger charge is -2.21. The largest absolute Gasteiger partial charge is 0.477 e. The molecule has 8 nitrogen and oxygen atoms in total. The number of nitrogens with one attached hydrogen (secondary N) is 1. The molecule has 0 saturated heterocycles. The minimum atomic E-state index is -1.22. The smallest absolute Gasteiger partial charge is 0.353 e. The predicted molar refractivity (Wildman–Crippen MR) is 65.5 cm³/mol. The Labute approximate surface area is 110 Å². The number of oxime groups is 1. The van der Waals surface area contributed by atoms with Crippen molar-refractivity contribution >= 4 is 23.5 Å². The van der Waals surface area contributed by atoms with E-state index >= 15 is 0 Å². The van der Waals surface area contributed by atoms with Crippen LogP contribution in [0.5, 0.6) is 0 Å². The first kappa shape index (κ1) is 14.9. The van der Waals surface area contributed by atoms with Crippen LogP contribution in [0.15, 0.2) is 5.16 Å². The van der Waals surface area contributed by atoms with E-state index in [1.165, 1.54) is 4.90 Å². The van der Waals surface area contributed by atoms with E-state index in [1.807, 2.05) is 6.92 Å². The third kappa shape index (κ3) is 3.67. The molecule has 0 saturated carbocycles. The Morgan fingerprint density at radius 3 is 2.68 bits per heavy atom. The number of carbonyl (C=O) groups is 3. The predicted octanol–water partition coefficient (Wildman–Crippen LogP) is -0.801. The van der Waals surface area contributed by atoms with E-state index < -0.39 is 24.0 Å². The number of hydrogen-bond donors (Lipinski definition) is 2. The van der Waals surface area contributed by atoms with E-state index in [0.29, 0.717) is 6.54 Å². The fraction of sp³-hybridized carbons (Fsp3) is 0.636. The van der Waals surface area contributed by atoms with Crippen molar-refractivity contribution in [2.45, 2.75) is 32.4 Å². The van der Waals surface area contributed by atoms with E-state index in [2.05, 4.69) is 10.5 Å². The third-order valence-corrected chi connectivity index (χ3v) is 2.79. The standard InChI is InChI=1S/C11H17N3O5/c1-4-14(3)10(16)6(2)12-9(15)8-5-7(11(17)18)13-19-8/h6,8H,4-5H2,1-3H3,(H,12,15)(H,17,18). The Hall–Kier alpha value is -2.12. The molecule has 0 spiro atoms. The fourth-order valence-corrected chi connectivity index (χ4v) is 1.50. The summed E-state index contributed by atoms with van der Waals surface area (Å²) in [5, 5.41) is 14.5. The van der Waals surface area contributed by atoms with Gasteiger partial charge in [0.25, 0.3) is 5.91 Å². The molecular formula is C11H17N3O5. The topological polar surface area (TPSA) is 108 Å². The summed E-state index contributed by atoms with van der Waals surface area (Å²) in [6.07, 6.45) is -1.10. The molecule has 2 unspecified atom stereocenters. The van der Waals surface area contributed by atoms with Gasteiger partial charge in [-0.25, -0.2) is 4.79 Å². The molecule has 0 bridgehead atoms. The molecule has 1 aliphatic rings. The van der Waals surface area contributed by atoms with Crippen molar-refractivity contribution in [2.24, 2.45) is 5.16 Å². The van der Waals surface area contributed by atoms with E-state index in [0.717, 1.165) is 0 Å². The second-order valence-corrected chi connectivity index (χ2v) is 4.22. The Balaban J connectivity index is 2.49. The molecular weight excluding hydrogens is 254 g/mol. The third-order valence-electron chi connectivity index (χ3n) is 2.79. The molecule has 2 N–H and O–H groups in total. The zero-order valence-electron chi connectivity index (χ0n) is 11.0. The SMILES string of the molecule is CCN(C)C(=O)C(C)NC(=O)C1CC(C(=O)O)=NO1. The molecule has 106 valence electrons. The van der Waals surface area contributed by atoms with Gasteiger partial charge < -0.3 is 20.2 Å². The first-order valence-electron chi connectivity index (χ1n) is 5.88. The minimum absolute atomic E-state index is 0.105. The summed E-state index contributed by atoms with van der Waals surface area (Å²) in [5.41, 5.74) is -0.204. The number of hydrogen-bond acceptors (Lipinski definition) is 5. The van der Waals surface area contributed by atoms with Gasteiger partial charge in [0.1, 0.15) is 6.04 Å². The molecule has 1 aliphatic heterocycles. The maximum absolute atomic E-state index is 11.8. The van der Waals surface area contributed by atoms with Crippen LogP contribution in [-0.4, -0.2) is 59.2 Å². The zero-order chi connectivity index (χ0) is 14.6. The zero-order valence-corrected chi connectivity index (χ0v) is 11.0. The van der Waals surface area contributed by atoms with Gasteiger partial charge >= 0.3 is 5.97 Å². The second kappa shape index (κ2) is 6.17. The molecule has 0 aliphatic carbocycles. The molecule has 2 atom stereocenters. The van der Waals surface area contributed by atoms with Gasteiger partial charge in [-0.2, -0.15) is 0 Å². The number of carboxylic acids is 1. The highest BCUT2D eigenvalue weighted by atomic mass is 16.6. The van der Waals surface area contributed by atoms with Gasteiger partial charge in [-0.05, 0) is 13.8 Å². The number of amides is 2. The van der Waals surface area contributed by atoms with Gasteiger partial charge in [-0.15, -0.1) is 0 Å². The van der Waals surface area contributed by atoms with Gasteiger partial charge in [0.15, 0.2) is 5.71 Å². The summed E-state index contributed by atoms with van der Waals surface area (Å²) in [6, 6.07) is -0.699. The van der Waals surface area contributed by atoms with Crippen LogP contribution in [0, 0.1) is 0 Å². The van der Waals surface area contributed by atoms with Crippen LogP contribution in [0.1, 0.15) is 20.3 Å². The Morgan fingerprint density at radius 2 is 2.21 bits per heavy atom. The molecule has 0 aromatic carbocycles. The highest BCUT2D eigenvalue weighted by Crippen LogP contribution is 2.11. The van der Waals surface area contributed by atoms with Crippen LogP contribution in [0.4, 0.5) is 0 Å². The average Bonchev–Trinajstić information content (AvgIpc) is 2.86. The lowest BCUT2D eigenvalue weighted by molar-refractivity contribution is -0.138. The van der Waals surface area contributed by atoms with Crippen molar-refractivity contribution in [3.63, 3.8) is 0 Å². The van der Waals surface area contributed by atoms with Crippen molar-refractivity contribution in [3.05, 3.63) is 0 Å². The number of likely N-dealkylation sites (N-methyl/N-ethyl adjacent to an activating group) is 1. The number of nitrogens with zero attached hydrogens (tertiary/aromatic N) is 2. The molecule has 8 heteroatoms. The Morgan fingerprint density at radius 1 is 1.58 bits per heavy atom. The van der Waals surface area contributed by atoms with Crippen LogP contribution in [0.2, 0.25) is 0 Å². The second-order valence-electron chi connectivity index (χ2n) is 4.22. The van der Waals surface area contributed by atoms with Crippen LogP contribution in [-0.2, 0) is 19.2 Å². The van der Waals surface area contributed by atoms with Gasteiger partial charge in [-0.1, -0.05) is 5.16 Å². The number of carbonyl (C=O) groups excluding carboxylic acids is 2. The molecule has 1 rings (SSSR count). The number of carboxylic acid groups (broad SMARTS) is 1. The normalized spacial score (nSPS) is 19.1. The van der Waals surface area contributed by atoms with Crippen molar-refractivity contribution in [1.29, 1.82) is 0 Å². The van der Waals surface area contributed by atoms with Crippen LogP contribution >= 0.6 is 0 Å². The number of aliphatic carboxylic acids is 1. The van der Waals surface area contributed by atoms with Gasteiger partial charge in [-0.3, -0.25) is 9.59 Å². The summed E-state index contributed by atoms with van der Waals surface area (Å²) < 4.78 is 0. The number of rotatable bonds is 5. The molecule has 2 amide bonds. The highest BCUT2D eigenvalue weighted by Gasteiger charge is 2.33. The lowest BCUT2D eigenvalue weighted by Crippen LogP contribution is -2.48. The van der Waals surface area contributed by atoms with Gasteiger partial charge in [0.05, 0.1) is 0 Å². The van der Waals surface area contributed by atoms with Crippen LogP contribution in [0.3, 0.4) is 0 Å². The van der Waals surface area contributed by atoms with Crippen LogP contribution < -0.4 is 5.32 Å². The molecule has 0 aromatic rings. The van der Waals surface area contributed by atoms with Crippen molar-refractivity contribution in [3.8, 4) is 0 Å². The molecule has 19 heavy (non-hydrogen) atoms. The average molecular weight is 271 g/mol. The fourth-order valence-electron chi connectivity index (χ4n) is 1.50. The summed E-state index contributed by atoms with van der Waals surface area (Å²) in [6.45, 7) is 3.91. The molecule has 0 aromatic heterocycles. The van der Waals surface area contributed by atoms with Crippen molar-refractivity contribution in [1.82, 2.24) is 10.2 Å². The van der Waals surface area contributed by atoms with Gasteiger partial charge in [0.2, 0.25) is 12.0 Å². The van der Waals surface area contributed by atoms with E-state index in [4.69, 9.17) is 9.94 Å². The van der Waals surface area contributed by atoms with E-state index in [-0.39, 0.29) is 18.0 Å². The van der Waals surface area contributed by atoms with Gasteiger partial charge in [0, 0.05) is 20.0 Å². The maximum atomic E-state index is 11.8. The van der Waals surface area contributed by atoms with E-state index in [9.17, 15) is 14.4 Å². The van der Waals surface area contributed by atoms with Crippen LogP contribution in [0.25, 0.3) is 0 Å². The summed E-state index contributed by atoms with van der Waals surface area (Å²) >= 11 is 0. The summed E-state index contributed by atoms with van der Waals surface area (Å²) in [4.78, 5) is 40.3. The highest BCUT2D eigenvalue weighted by molar-refractivity contribution is 6.36. The van der Waals surface area contributed by atoms with Crippen molar-refractivity contribution < 1.29 is 24.3 Å². The first-order chi connectivity index (χ1) is 8.86. The Bertz CT molecular complexity index is 421.